The Morgan fingerprint density at radius 3 is 2.29 bits per heavy atom. The minimum Gasteiger partial charge on any atom is -0.497 e. The molecule has 7 heteroatoms. The Balaban J connectivity index is 1.92. The molecule has 31 heavy (non-hydrogen) atoms. The Labute approximate surface area is 188 Å². The maximum Gasteiger partial charge on any atom is 0.207 e. The predicted octanol–water partition coefficient (Wildman–Crippen LogP) is 4.69. The molecule has 0 aliphatic carbocycles. The average molecular weight is 441 g/mol. The smallest absolute Gasteiger partial charge is 0.207 e. The molecule has 2 N–H and O–H groups in total. The molecule has 1 atom stereocenters. The Morgan fingerprint density at radius 2 is 1.74 bits per heavy atom. The van der Waals surface area contributed by atoms with Gasteiger partial charge in [0.1, 0.15) is 23.3 Å². The highest BCUT2D eigenvalue weighted by atomic mass is 32.1. The number of allylic oxidation sites excluding steroid dienone is 1. The second kappa shape index (κ2) is 11.0. The molecule has 1 fully saturated rings. The van der Waals surface area contributed by atoms with Crippen LogP contribution in [-0.4, -0.2) is 38.9 Å². The summed E-state index contributed by atoms with van der Waals surface area (Å²) in [7, 11) is 3.15. The van der Waals surface area contributed by atoms with E-state index in [1.54, 1.807) is 37.8 Å². The molecule has 0 spiro atoms. The van der Waals surface area contributed by atoms with E-state index in [0.29, 0.717) is 36.0 Å². The fourth-order valence-corrected chi connectivity index (χ4v) is 4.01. The summed E-state index contributed by atoms with van der Waals surface area (Å²) in [4.78, 5) is 13.5. The summed E-state index contributed by atoms with van der Waals surface area (Å²) in [5.74, 6) is 0.986. The zero-order valence-electron chi connectivity index (χ0n) is 17.8. The number of ether oxygens (including phenoxy) is 3. The monoisotopic (exact) mass is 440 g/mol. The van der Waals surface area contributed by atoms with E-state index >= 15 is 0 Å². The number of hydrogen-bond acceptors (Lipinski definition) is 7. The van der Waals surface area contributed by atoms with E-state index in [-0.39, 0.29) is 17.4 Å². The number of Topliss-reactive ketones (excluding diaryl/α,β-unsaturated/α-hetero) is 1. The first-order chi connectivity index (χ1) is 15.1. The van der Waals surface area contributed by atoms with Crippen molar-refractivity contribution in [2.45, 2.75) is 18.9 Å². The number of nitrogens with one attached hydrogen (secondary N) is 2. The van der Waals surface area contributed by atoms with Crippen molar-refractivity contribution in [1.82, 2.24) is 0 Å². The molecule has 3 rings (SSSR count). The van der Waals surface area contributed by atoms with Crippen LogP contribution in [0.3, 0.4) is 0 Å². The summed E-state index contributed by atoms with van der Waals surface area (Å²) in [5, 5.41) is 13.6. The Bertz CT molecular complexity index is 918. The van der Waals surface area contributed by atoms with Crippen LogP contribution in [0, 0.1) is 11.3 Å². The summed E-state index contributed by atoms with van der Waals surface area (Å²) < 4.78 is 16.1. The Morgan fingerprint density at radius 1 is 1.13 bits per heavy atom. The second-order valence-corrected chi connectivity index (χ2v) is 7.56. The van der Waals surface area contributed by atoms with Crippen molar-refractivity contribution >= 4 is 29.8 Å². The van der Waals surface area contributed by atoms with Crippen molar-refractivity contribution in [2.75, 3.05) is 32.8 Å². The number of methoxy groups -OCH3 is 2. The molecule has 0 bridgehead atoms. The molecule has 6 nitrogen and oxygen atoms in total. The molecule has 1 aliphatic rings. The van der Waals surface area contributed by atoms with Crippen LogP contribution in [0.1, 0.15) is 24.4 Å². The molecule has 1 unspecified atom stereocenters. The highest BCUT2D eigenvalue weighted by molar-refractivity contribution is 7.83. The van der Waals surface area contributed by atoms with Gasteiger partial charge in [-0.15, -0.1) is 0 Å². The van der Waals surface area contributed by atoms with Crippen LogP contribution in [0.4, 0.5) is 5.69 Å². The summed E-state index contributed by atoms with van der Waals surface area (Å²) in [6.07, 6.45) is 1.55. The van der Waals surface area contributed by atoms with E-state index in [0.717, 1.165) is 18.4 Å². The van der Waals surface area contributed by atoms with Gasteiger partial charge in [-0.05, 0) is 35.3 Å². The zero-order valence-corrected chi connectivity index (χ0v) is 18.7. The van der Waals surface area contributed by atoms with E-state index in [9.17, 15) is 4.79 Å². The number of thiol groups is 1. The SMILES string of the molecule is COc1cc(NC(C(=O)C(=N)/C(=C\S)C2CCOCC2)c2ccccc2)cc(OC)c1. The second-order valence-electron chi connectivity index (χ2n) is 7.30. The minimum absolute atomic E-state index is 0.0295. The highest BCUT2D eigenvalue weighted by Crippen LogP contribution is 2.31. The first kappa shape index (κ1) is 22.9. The van der Waals surface area contributed by atoms with Crippen molar-refractivity contribution in [2.24, 2.45) is 5.92 Å². The van der Waals surface area contributed by atoms with Crippen LogP contribution >= 0.6 is 12.6 Å². The number of anilines is 1. The Hall–Kier alpha value is -2.77. The van der Waals surface area contributed by atoms with E-state index in [2.05, 4.69) is 17.9 Å². The summed E-state index contributed by atoms with van der Waals surface area (Å²) in [6.45, 7) is 1.25. The van der Waals surface area contributed by atoms with Crippen LogP contribution in [0.2, 0.25) is 0 Å². The normalized spacial score (nSPS) is 15.8. The number of rotatable bonds is 9. The number of hydrogen-bond donors (Lipinski definition) is 3. The first-order valence-electron chi connectivity index (χ1n) is 10.2. The van der Waals surface area contributed by atoms with Crippen LogP contribution in [0.25, 0.3) is 0 Å². The molecule has 2 aromatic rings. The van der Waals surface area contributed by atoms with Gasteiger partial charge in [0.25, 0.3) is 0 Å². The van der Waals surface area contributed by atoms with Gasteiger partial charge in [-0.1, -0.05) is 30.3 Å². The number of carbonyl (C=O) groups is 1. The van der Waals surface area contributed by atoms with Gasteiger partial charge in [-0.3, -0.25) is 10.2 Å². The third-order valence-electron chi connectivity index (χ3n) is 5.39. The number of ketones is 1. The van der Waals surface area contributed by atoms with Crippen molar-refractivity contribution < 1.29 is 19.0 Å². The van der Waals surface area contributed by atoms with Crippen molar-refractivity contribution in [3.63, 3.8) is 0 Å². The maximum atomic E-state index is 13.5. The summed E-state index contributed by atoms with van der Waals surface area (Å²) >= 11 is 4.32. The lowest BCUT2D eigenvalue weighted by Gasteiger charge is -2.26. The van der Waals surface area contributed by atoms with E-state index in [1.807, 2.05) is 30.3 Å². The molecule has 0 saturated carbocycles. The highest BCUT2D eigenvalue weighted by Gasteiger charge is 2.30. The standard InChI is InChI=1S/C24H28N2O4S/c1-28-19-12-18(13-20(14-19)29-2)26-23(17-6-4-3-5-7-17)24(27)22(25)21(15-31)16-8-10-30-11-9-16/h3-7,12-16,23,25-26,31H,8-11H2,1-2H3/b21-15-,25-22?. The number of benzene rings is 2. The lowest BCUT2D eigenvalue weighted by atomic mass is 9.85. The fourth-order valence-electron chi connectivity index (χ4n) is 3.67. The van der Waals surface area contributed by atoms with Crippen LogP contribution < -0.4 is 14.8 Å². The topological polar surface area (TPSA) is 80.6 Å². The molecule has 0 aromatic heterocycles. The van der Waals surface area contributed by atoms with Gasteiger partial charge in [0.2, 0.25) is 5.78 Å². The molecular weight excluding hydrogens is 412 g/mol. The van der Waals surface area contributed by atoms with Gasteiger partial charge in [-0.25, -0.2) is 0 Å². The lowest BCUT2D eigenvalue weighted by Crippen LogP contribution is -2.32. The molecule has 0 amide bonds. The van der Waals surface area contributed by atoms with Crippen LogP contribution in [0.5, 0.6) is 11.5 Å². The zero-order chi connectivity index (χ0) is 22.2. The van der Waals surface area contributed by atoms with Gasteiger partial charge in [0, 0.05) is 37.1 Å². The van der Waals surface area contributed by atoms with Crippen molar-refractivity contribution in [3.8, 4) is 11.5 Å². The van der Waals surface area contributed by atoms with E-state index in [4.69, 9.17) is 19.6 Å². The van der Waals surface area contributed by atoms with Crippen LogP contribution in [-0.2, 0) is 9.53 Å². The largest absolute Gasteiger partial charge is 0.497 e. The molecule has 164 valence electrons. The average Bonchev–Trinajstić information content (AvgIpc) is 2.83. The lowest BCUT2D eigenvalue weighted by molar-refractivity contribution is -0.113. The Kier molecular flexibility index (Phi) is 8.14. The molecular formula is C24H28N2O4S. The third kappa shape index (κ3) is 5.68. The quantitative estimate of drug-likeness (QED) is 0.389. The summed E-state index contributed by atoms with van der Waals surface area (Å²) in [5.41, 5.74) is 2.05. The summed E-state index contributed by atoms with van der Waals surface area (Å²) in [6, 6.07) is 14.0. The molecule has 1 saturated heterocycles. The fraction of sp³-hybridized carbons (Fsp3) is 0.333. The first-order valence-corrected chi connectivity index (χ1v) is 10.7. The third-order valence-corrected chi connectivity index (χ3v) is 5.67. The van der Waals surface area contributed by atoms with Crippen LogP contribution in [0.15, 0.2) is 59.5 Å². The van der Waals surface area contributed by atoms with Gasteiger partial charge in [-0.2, -0.15) is 12.6 Å². The maximum absolute atomic E-state index is 13.5. The van der Waals surface area contributed by atoms with Gasteiger partial charge in [0.05, 0.1) is 14.2 Å². The number of carbonyl (C=O) groups excluding carboxylic acids is 1. The van der Waals surface area contributed by atoms with Gasteiger partial charge in [0.15, 0.2) is 0 Å². The van der Waals surface area contributed by atoms with E-state index < -0.39 is 6.04 Å². The molecule has 0 radical (unpaired) electrons. The predicted molar refractivity (Wildman–Crippen MR) is 126 cm³/mol. The van der Waals surface area contributed by atoms with Gasteiger partial charge < -0.3 is 19.5 Å². The minimum atomic E-state index is -0.742. The van der Waals surface area contributed by atoms with Crippen molar-refractivity contribution in [1.29, 1.82) is 5.41 Å². The molecule has 1 heterocycles. The molecule has 2 aromatic carbocycles. The van der Waals surface area contributed by atoms with Crippen molar-refractivity contribution in [3.05, 3.63) is 65.1 Å². The molecule has 1 aliphatic heterocycles. The van der Waals surface area contributed by atoms with E-state index in [1.165, 1.54) is 0 Å². The van der Waals surface area contributed by atoms with Gasteiger partial charge >= 0.3 is 0 Å².